The minimum atomic E-state index is -0.257. The number of aryl methyl sites for hydroxylation is 2. The molecular formula is C20H30N6O. The number of hydrogen-bond acceptors (Lipinski definition) is 6. The van der Waals surface area contributed by atoms with Crippen LogP contribution in [0.5, 0.6) is 0 Å². The highest BCUT2D eigenvalue weighted by molar-refractivity contribution is 5.35. The first-order valence-corrected chi connectivity index (χ1v) is 9.95. The fourth-order valence-corrected chi connectivity index (χ4v) is 4.17. The normalized spacial score (nSPS) is 19.3. The zero-order valence-electron chi connectivity index (χ0n) is 16.9. The van der Waals surface area contributed by atoms with Crippen LogP contribution in [-0.4, -0.2) is 58.6 Å². The minimum absolute atomic E-state index is 0.257. The third-order valence-electron chi connectivity index (χ3n) is 5.84. The van der Waals surface area contributed by atoms with Crippen molar-refractivity contribution in [1.29, 1.82) is 0 Å². The summed E-state index contributed by atoms with van der Waals surface area (Å²) in [5.41, 5.74) is 4.46. The fraction of sp³-hybridized carbons (Fsp3) is 0.650. The Morgan fingerprint density at radius 1 is 1.26 bits per heavy atom. The number of imidazole rings is 1. The van der Waals surface area contributed by atoms with Crippen LogP contribution < -0.4 is 4.90 Å². The number of nitrogens with one attached hydrogen (secondary N) is 1. The molecule has 1 saturated heterocycles. The van der Waals surface area contributed by atoms with E-state index in [1.807, 2.05) is 25.2 Å². The molecule has 1 N–H and O–H groups in total. The van der Waals surface area contributed by atoms with Crippen molar-refractivity contribution in [3.8, 4) is 0 Å². The van der Waals surface area contributed by atoms with E-state index in [2.05, 4.69) is 28.7 Å². The predicted molar refractivity (Wildman–Crippen MR) is 105 cm³/mol. The van der Waals surface area contributed by atoms with E-state index in [0.29, 0.717) is 0 Å². The number of piperidine rings is 1. The lowest BCUT2D eigenvalue weighted by atomic mass is 9.83. The van der Waals surface area contributed by atoms with Crippen LogP contribution in [-0.2, 0) is 29.7 Å². The summed E-state index contributed by atoms with van der Waals surface area (Å²) < 4.78 is 6.35. The quantitative estimate of drug-likeness (QED) is 0.890. The number of ether oxygens (including phenoxy) is 1. The molecule has 0 aromatic carbocycles. The molecule has 27 heavy (non-hydrogen) atoms. The lowest BCUT2D eigenvalue weighted by Gasteiger charge is -2.44. The maximum atomic E-state index is 6.35. The molecule has 2 aromatic rings. The molecule has 0 saturated carbocycles. The van der Waals surface area contributed by atoms with E-state index >= 15 is 0 Å². The average Bonchev–Trinajstić information content (AvgIpc) is 3.03. The lowest BCUT2D eigenvalue weighted by Crippen LogP contribution is -2.47. The van der Waals surface area contributed by atoms with E-state index < -0.39 is 0 Å². The van der Waals surface area contributed by atoms with Crippen LogP contribution in [0.25, 0.3) is 0 Å². The van der Waals surface area contributed by atoms with Crippen LogP contribution in [0, 0.1) is 6.92 Å². The molecule has 7 nitrogen and oxygen atoms in total. The molecule has 0 bridgehead atoms. The van der Waals surface area contributed by atoms with Gasteiger partial charge in [-0.2, -0.15) is 0 Å². The van der Waals surface area contributed by atoms with E-state index in [-0.39, 0.29) is 5.60 Å². The van der Waals surface area contributed by atoms with Crippen molar-refractivity contribution in [1.82, 2.24) is 24.8 Å². The summed E-state index contributed by atoms with van der Waals surface area (Å²) in [7, 11) is 3.97. The summed E-state index contributed by atoms with van der Waals surface area (Å²) in [5.74, 6) is 1.84. The molecule has 2 aliphatic rings. The Bertz CT molecular complexity index is 807. The SMILES string of the molecule is CCc1nc(CN2CCC3(CC2)OCCc2cnc(N(C)C)nc23)c(C)[nH]1. The van der Waals surface area contributed by atoms with Gasteiger partial charge in [-0.1, -0.05) is 6.92 Å². The van der Waals surface area contributed by atoms with Gasteiger partial charge in [0.05, 0.1) is 18.0 Å². The number of H-pyrrole nitrogens is 1. The van der Waals surface area contributed by atoms with Crippen LogP contribution in [0.4, 0.5) is 5.95 Å². The Kier molecular flexibility index (Phi) is 4.90. The molecule has 0 radical (unpaired) electrons. The van der Waals surface area contributed by atoms with Gasteiger partial charge < -0.3 is 14.6 Å². The van der Waals surface area contributed by atoms with Gasteiger partial charge in [-0.25, -0.2) is 15.0 Å². The number of aromatic nitrogens is 4. The van der Waals surface area contributed by atoms with E-state index in [1.54, 1.807) is 0 Å². The van der Waals surface area contributed by atoms with Crippen molar-refractivity contribution >= 4 is 5.95 Å². The van der Waals surface area contributed by atoms with Gasteiger partial charge in [0.25, 0.3) is 0 Å². The number of rotatable bonds is 4. The maximum Gasteiger partial charge on any atom is 0.225 e. The van der Waals surface area contributed by atoms with Crippen LogP contribution in [0.3, 0.4) is 0 Å². The molecule has 1 fully saturated rings. The first-order valence-electron chi connectivity index (χ1n) is 9.95. The Labute approximate surface area is 161 Å². The highest BCUT2D eigenvalue weighted by Gasteiger charge is 2.42. The van der Waals surface area contributed by atoms with Gasteiger partial charge in [0.2, 0.25) is 5.95 Å². The van der Waals surface area contributed by atoms with Crippen molar-refractivity contribution in [2.75, 3.05) is 38.7 Å². The molecule has 0 unspecified atom stereocenters. The lowest BCUT2D eigenvalue weighted by molar-refractivity contribution is -0.102. The highest BCUT2D eigenvalue weighted by Crippen LogP contribution is 2.41. The summed E-state index contributed by atoms with van der Waals surface area (Å²) >= 11 is 0. The summed E-state index contributed by atoms with van der Waals surface area (Å²) in [4.78, 5) is 22.0. The van der Waals surface area contributed by atoms with Crippen molar-refractivity contribution in [2.45, 2.75) is 51.7 Å². The third kappa shape index (κ3) is 3.46. The zero-order valence-corrected chi connectivity index (χ0v) is 16.9. The average molecular weight is 371 g/mol. The molecular weight excluding hydrogens is 340 g/mol. The van der Waals surface area contributed by atoms with Crippen molar-refractivity contribution < 1.29 is 4.74 Å². The summed E-state index contributed by atoms with van der Waals surface area (Å²) in [6.07, 6.45) is 5.78. The second-order valence-electron chi connectivity index (χ2n) is 7.92. The van der Waals surface area contributed by atoms with Gasteiger partial charge in [-0.3, -0.25) is 4.90 Å². The third-order valence-corrected chi connectivity index (χ3v) is 5.84. The summed E-state index contributed by atoms with van der Waals surface area (Å²) in [6.45, 7) is 7.90. The highest BCUT2D eigenvalue weighted by atomic mass is 16.5. The van der Waals surface area contributed by atoms with Gasteiger partial charge in [-0.15, -0.1) is 0 Å². The minimum Gasteiger partial charge on any atom is -0.368 e. The van der Waals surface area contributed by atoms with E-state index in [4.69, 9.17) is 14.7 Å². The standard InChI is InChI=1S/C20H30N6O/c1-5-17-22-14(2)16(23-17)13-26-9-7-20(8-10-26)18-15(6-11-27-20)12-21-19(24-18)25(3)4/h12H,5-11,13H2,1-4H3,(H,22,23). The summed E-state index contributed by atoms with van der Waals surface area (Å²) in [6, 6.07) is 0. The van der Waals surface area contributed by atoms with Crippen molar-refractivity contribution in [3.05, 3.63) is 34.7 Å². The zero-order chi connectivity index (χ0) is 19.0. The number of aromatic amines is 1. The summed E-state index contributed by atoms with van der Waals surface area (Å²) in [5, 5.41) is 0. The van der Waals surface area contributed by atoms with Crippen LogP contribution in [0.15, 0.2) is 6.20 Å². The molecule has 2 aliphatic heterocycles. The largest absolute Gasteiger partial charge is 0.368 e. The molecule has 2 aromatic heterocycles. The van der Waals surface area contributed by atoms with Gasteiger partial charge in [-0.05, 0) is 31.7 Å². The number of hydrogen-bond donors (Lipinski definition) is 1. The Balaban J connectivity index is 1.50. The van der Waals surface area contributed by atoms with Gasteiger partial charge >= 0.3 is 0 Å². The van der Waals surface area contributed by atoms with Crippen molar-refractivity contribution in [2.24, 2.45) is 0 Å². The molecule has 0 atom stereocenters. The number of fused-ring (bicyclic) bond motifs is 2. The number of likely N-dealkylation sites (tertiary alicyclic amines) is 1. The molecule has 146 valence electrons. The van der Waals surface area contributed by atoms with Crippen molar-refractivity contribution in [3.63, 3.8) is 0 Å². The Morgan fingerprint density at radius 3 is 2.70 bits per heavy atom. The van der Waals surface area contributed by atoms with E-state index in [1.165, 1.54) is 17.0 Å². The van der Waals surface area contributed by atoms with Gasteiger partial charge in [0, 0.05) is 52.0 Å². The van der Waals surface area contributed by atoms with E-state index in [0.717, 1.165) is 69.4 Å². The second-order valence-corrected chi connectivity index (χ2v) is 7.92. The van der Waals surface area contributed by atoms with Gasteiger partial charge in [0.15, 0.2) is 0 Å². The van der Waals surface area contributed by atoms with Gasteiger partial charge in [0.1, 0.15) is 11.4 Å². The van der Waals surface area contributed by atoms with E-state index in [9.17, 15) is 0 Å². The Hall–Kier alpha value is -1.99. The molecule has 4 rings (SSSR count). The fourth-order valence-electron chi connectivity index (χ4n) is 4.17. The second kappa shape index (κ2) is 7.20. The Morgan fingerprint density at radius 2 is 2.04 bits per heavy atom. The molecule has 0 amide bonds. The first-order chi connectivity index (χ1) is 13.0. The molecule has 7 heteroatoms. The maximum absolute atomic E-state index is 6.35. The topological polar surface area (TPSA) is 70.2 Å². The smallest absolute Gasteiger partial charge is 0.225 e. The molecule has 0 aliphatic carbocycles. The first kappa shape index (κ1) is 18.4. The van der Waals surface area contributed by atoms with Crippen LogP contribution in [0.2, 0.25) is 0 Å². The van der Waals surface area contributed by atoms with Crippen LogP contribution in [0.1, 0.15) is 48.2 Å². The molecule has 4 heterocycles. The number of nitrogens with zero attached hydrogens (tertiary/aromatic N) is 5. The monoisotopic (exact) mass is 370 g/mol. The molecule has 1 spiro atoms. The van der Waals surface area contributed by atoms with Crippen LogP contribution >= 0.6 is 0 Å². The predicted octanol–water partition coefficient (Wildman–Crippen LogP) is 2.20. The number of anilines is 1.